The van der Waals surface area contributed by atoms with Gasteiger partial charge in [0.2, 0.25) is 0 Å². The maximum absolute atomic E-state index is 9.45. The molecule has 0 aliphatic rings. The van der Waals surface area contributed by atoms with E-state index < -0.39 is 6.10 Å². The molecule has 0 radical (unpaired) electrons. The average Bonchev–Trinajstić information content (AvgIpc) is 2.26. The van der Waals surface area contributed by atoms with Gasteiger partial charge in [-0.15, -0.1) is 0 Å². The fraction of sp³-hybridized carbons (Fsp3) is 0.571. The Labute approximate surface area is 104 Å². The fourth-order valence-corrected chi connectivity index (χ4v) is 1.59. The van der Waals surface area contributed by atoms with Crippen LogP contribution in [0.15, 0.2) is 18.2 Å². The number of nitrogens with one attached hydrogen (secondary N) is 1. The Morgan fingerprint density at radius 3 is 2.53 bits per heavy atom. The number of anilines is 1. The summed E-state index contributed by atoms with van der Waals surface area (Å²) in [4.78, 5) is 0. The Morgan fingerprint density at radius 2 is 2.00 bits per heavy atom. The van der Waals surface area contributed by atoms with Gasteiger partial charge in [0, 0.05) is 18.8 Å². The third-order valence-electron chi connectivity index (χ3n) is 2.90. The predicted octanol–water partition coefficient (Wildman–Crippen LogP) is 2.02. The Morgan fingerprint density at radius 1 is 1.35 bits per heavy atom. The highest BCUT2D eigenvalue weighted by Crippen LogP contribution is 2.26. The molecule has 17 heavy (non-hydrogen) atoms. The van der Waals surface area contributed by atoms with Crippen molar-refractivity contribution in [3.05, 3.63) is 29.3 Å². The van der Waals surface area contributed by atoms with E-state index in [0.717, 1.165) is 5.69 Å². The number of hydrogen-bond acceptors (Lipinski definition) is 3. The van der Waals surface area contributed by atoms with Crippen LogP contribution in [0.4, 0.5) is 5.69 Å². The standard InChI is InChI=1S/C14H24N2O/c1-10-5-6-11(14(2,3)4)7-13(10)16-9-12(17)8-15/h5-7,12,16-17H,8-9,15H2,1-4H3. The monoisotopic (exact) mass is 236 g/mol. The topological polar surface area (TPSA) is 58.3 Å². The molecule has 1 atom stereocenters. The number of nitrogens with two attached hydrogens (primary N) is 1. The molecule has 4 N–H and O–H groups in total. The van der Waals surface area contributed by atoms with Crippen LogP contribution in [0.3, 0.4) is 0 Å². The van der Waals surface area contributed by atoms with Crippen molar-refractivity contribution in [3.63, 3.8) is 0 Å². The summed E-state index contributed by atoms with van der Waals surface area (Å²) in [6.07, 6.45) is -0.493. The van der Waals surface area contributed by atoms with Crippen molar-refractivity contribution in [2.24, 2.45) is 5.73 Å². The first-order chi connectivity index (χ1) is 7.84. The van der Waals surface area contributed by atoms with Gasteiger partial charge in [-0.05, 0) is 29.5 Å². The molecule has 0 spiro atoms. The van der Waals surface area contributed by atoms with Gasteiger partial charge in [-0.3, -0.25) is 0 Å². The second kappa shape index (κ2) is 5.52. The average molecular weight is 236 g/mol. The van der Waals surface area contributed by atoms with Gasteiger partial charge in [0.05, 0.1) is 6.10 Å². The highest BCUT2D eigenvalue weighted by Gasteiger charge is 2.14. The Kier molecular flexibility index (Phi) is 4.54. The maximum Gasteiger partial charge on any atom is 0.0834 e. The van der Waals surface area contributed by atoms with Crippen LogP contribution in [0.2, 0.25) is 0 Å². The second-order valence-electron chi connectivity index (χ2n) is 5.55. The van der Waals surface area contributed by atoms with E-state index in [1.54, 1.807) is 0 Å². The van der Waals surface area contributed by atoms with Gasteiger partial charge in [-0.25, -0.2) is 0 Å². The van der Waals surface area contributed by atoms with E-state index in [-0.39, 0.29) is 12.0 Å². The molecule has 1 rings (SSSR count). The summed E-state index contributed by atoms with van der Waals surface area (Å²) in [5.74, 6) is 0. The number of aryl methyl sites for hydroxylation is 1. The van der Waals surface area contributed by atoms with Crippen LogP contribution >= 0.6 is 0 Å². The zero-order chi connectivity index (χ0) is 13.1. The van der Waals surface area contributed by atoms with Crippen LogP contribution in [0.5, 0.6) is 0 Å². The van der Waals surface area contributed by atoms with E-state index in [2.05, 4.69) is 51.2 Å². The molecule has 96 valence electrons. The third-order valence-corrected chi connectivity index (χ3v) is 2.90. The second-order valence-corrected chi connectivity index (χ2v) is 5.55. The van der Waals surface area contributed by atoms with Crippen molar-refractivity contribution < 1.29 is 5.11 Å². The Balaban J connectivity index is 2.84. The van der Waals surface area contributed by atoms with E-state index in [1.807, 2.05) is 0 Å². The van der Waals surface area contributed by atoms with Crippen LogP contribution < -0.4 is 11.1 Å². The smallest absolute Gasteiger partial charge is 0.0834 e. The SMILES string of the molecule is Cc1ccc(C(C)(C)C)cc1NCC(O)CN. The predicted molar refractivity (Wildman–Crippen MR) is 73.4 cm³/mol. The van der Waals surface area contributed by atoms with Gasteiger partial charge >= 0.3 is 0 Å². The molecule has 0 fully saturated rings. The van der Waals surface area contributed by atoms with E-state index >= 15 is 0 Å². The fourth-order valence-electron chi connectivity index (χ4n) is 1.59. The van der Waals surface area contributed by atoms with Gasteiger partial charge in [-0.1, -0.05) is 32.9 Å². The molecule has 1 aromatic rings. The van der Waals surface area contributed by atoms with E-state index in [0.29, 0.717) is 6.54 Å². The van der Waals surface area contributed by atoms with E-state index in [1.165, 1.54) is 11.1 Å². The summed E-state index contributed by atoms with van der Waals surface area (Å²) in [7, 11) is 0. The molecule has 0 aromatic heterocycles. The summed E-state index contributed by atoms with van der Waals surface area (Å²) in [6, 6.07) is 6.41. The molecule has 0 bridgehead atoms. The lowest BCUT2D eigenvalue weighted by atomic mass is 9.86. The minimum absolute atomic E-state index is 0.136. The molecule has 3 nitrogen and oxygen atoms in total. The molecule has 0 saturated heterocycles. The quantitative estimate of drug-likeness (QED) is 0.749. The molecule has 0 saturated carbocycles. The summed E-state index contributed by atoms with van der Waals surface area (Å²) in [5.41, 5.74) is 9.06. The highest BCUT2D eigenvalue weighted by atomic mass is 16.3. The van der Waals surface area contributed by atoms with Crippen molar-refractivity contribution in [2.45, 2.75) is 39.2 Å². The highest BCUT2D eigenvalue weighted by molar-refractivity contribution is 5.53. The third kappa shape index (κ3) is 4.02. The lowest BCUT2D eigenvalue weighted by Gasteiger charge is -2.21. The number of aliphatic hydroxyl groups is 1. The van der Waals surface area contributed by atoms with Crippen LogP contribution in [-0.4, -0.2) is 24.3 Å². The Bertz CT molecular complexity index is 369. The van der Waals surface area contributed by atoms with Crippen LogP contribution in [0.25, 0.3) is 0 Å². The van der Waals surface area contributed by atoms with Gasteiger partial charge < -0.3 is 16.2 Å². The lowest BCUT2D eigenvalue weighted by Crippen LogP contribution is -2.28. The van der Waals surface area contributed by atoms with Gasteiger partial charge in [0.25, 0.3) is 0 Å². The molecule has 0 aliphatic carbocycles. The zero-order valence-corrected chi connectivity index (χ0v) is 11.2. The molecular formula is C14H24N2O. The number of hydrogen-bond donors (Lipinski definition) is 3. The molecular weight excluding hydrogens is 212 g/mol. The van der Waals surface area contributed by atoms with Gasteiger partial charge in [-0.2, -0.15) is 0 Å². The summed E-state index contributed by atoms with van der Waals surface area (Å²) in [5, 5.41) is 12.7. The molecule has 3 heteroatoms. The van der Waals surface area contributed by atoms with Crippen molar-refractivity contribution in [3.8, 4) is 0 Å². The summed E-state index contributed by atoms with van der Waals surface area (Å²) in [6.45, 7) is 9.40. The number of aliphatic hydroxyl groups excluding tert-OH is 1. The van der Waals surface area contributed by atoms with E-state index in [4.69, 9.17) is 5.73 Å². The zero-order valence-electron chi connectivity index (χ0n) is 11.2. The van der Waals surface area contributed by atoms with Crippen LogP contribution in [0.1, 0.15) is 31.9 Å². The molecule has 0 amide bonds. The van der Waals surface area contributed by atoms with Gasteiger partial charge in [0.1, 0.15) is 0 Å². The largest absolute Gasteiger partial charge is 0.390 e. The first-order valence-corrected chi connectivity index (χ1v) is 6.07. The molecule has 1 unspecified atom stereocenters. The van der Waals surface area contributed by atoms with Crippen LogP contribution in [-0.2, 0) is 5.41 Å². The van der Waals surface area contributed by atoms with Crippen molar-refractivity contribution in [1.29, 1.82) is 0 Å². The first-order valence-electron chi connectivity index (χ1n) is 6.07. The number of benzene rings is 1. The van der Waals surface area contributed by atoms with E-state index in [9.17, 15) is 5.11 Å². The number of rotatable bonds is 4. The van der Waals surface area contributed by atoms with Crippen molar-refractivity contribution in [1.82, 2.24) is 0 Å². The Hall–Kier alpha value is -1.06. The molecule has 0 aliphatic heterocycles. The van der Waals surface area contributed by atoms with Gasteiger partial charge in [0.15, 0.2) is 0 Å². The van der Waals surface area contributed by atoms with Crippen LogP contribution in [0, 0.1) is 6.92 Å². The minimum atomic E-state index is -0.493. The lowest BCUT2D eigenvalue weighted by molar-refractivity contribution is 0.196. The normalized spacial score (nSPS) is 13.5. The summed E-state index contributed by atoms with van der Waals surface area (Å²) >= 11 is 0. The molecule has 1 aromatic carbocycles. The first kappa shape index (κ1) is 14.0. The molecule has 0 heterocycles. The van der Waals surface area contributed by atoms with Crippen molar-refractivity contribution in [2.75, 3.05) is 18.4 Å². The maximum atomic E-state index is 9.45. The van der Waals surface area contributed by atoms with Crippen molar-refractivity contribution >= 4 is 5.69 Å². The minimum Gasteiger partial charge on any atom is -0.390 e. The summed E-state index contributed by atoms with van der Waals surface area (Å²) < 4.78 is 0.